The molecule has 1 unspecified atom stereocenters. The van der Waals surface area contributed by atoms with E-state index in [0.29, 0.717) is 12.8 Å². The molecule has 0 aliphatic heterocycles. The van der Waals surface area contributed by atoms with E-state index in [0.717, 1.165) is 0 Å². The molecule has 1 rings (SSSR count). The summed E-state index contributed by atoms with van der Waals surface area (Å²) in [5.74, 6) is -0.875. The lowest BCUT2D eigenvalue weighted by Crippen LogP contribution is -2.07. The van der Waals surface area contributed by atoms with E-state index < -0.39 is 13.6 Å². The molecule has 0 amide bonds. The maximum absolute atomic E-state index is 11.7. The van der Waals surface area contributed by atoms with E-state index in [2.05, 4.69) is 0 Å². The SMILES string of the molecule is O=C(O)CCCCOP(=O)(O)c1ccccc1. The topological polar surface area (TPSA) is 83.8 Å². The van der Waals surface area contributed by atoms with Gasteiger partial charge in [-0.3, -0.25) is 9.36 Å². The zero-order valence-corrected chi connectivity index (χ0v) is 10.2. The maximum Gasteiger partial charge on any atom is 0.358 e. The molecule has 0 bridgehead atoms. The molecule has 0 spiro atoms. The first-order valence-corrected chi connectivity index (χ1v) is 6.85. The van der Waals surface area contributed by atoms with Crippen molar-refractivity contribution >= 4 is 18.9 Å². The van der Waals surface area contributed by atoms with Crippen LogP contribution < -0.4 is 5.30 Å². The number of carboxylic acids is 1. The highest BCUT2D eigenvalue weighted by molar-refractivity contribution is 7.61. The summed E-state index contributed by atoms with van der Waals surface area (Å²) in [7, 11) is -3.76. The molecule has 0 heterocycles. The molecule has 6 heteroatoms. The third kappa shape index (κ3) is 5.13. The van der Waals surface area contributed by atoms with Crippen LogP contribution in [-0.2, 0) is 13.9 Å². The highest BCUT2D eigenvalue weighted by Crippen LogP contribution is 2.40. The van der Waals surface area contributed by atoms with Gasteiger partial charge in [0, 0.05) is 6.42 Å². The summed E-state index contributed by atoms with van der Waals surface area (Å²) in [6.07, 6.45) is 0.929. The normalized spacial score (nSPS) is 14.2. The van der Waals surface area contributed by atoms with Crippen molar-refractivity contribution < 1.29 is 23.9 Å². The van der Waals surface area contributed by atoms with Crippen molar-refractivity contribution in [3.63, 3.8) is 0 Å². The fourth-order valence-corrected chi connectivity index (χ4v) is 2.33. The largest absolute Gasteiger partial charge is 0.481 e. The van der Waals surface area contributed by atoms with Crippen LogP contribution in [0.2, 0.25) is 0 Å². The van der Waals surface area contributed by atoms with E-state index in [1.807, 2.05) is 0 Å². The Balaban J connectivity index is 2.36. The highest BCUT2D eigenvalue weighted by Gasteiger charge is 2.21. The Labute approximate surface area is 99.6 Å². The Hall–Kier alpha value is -1.16. The Bertz CT molecular complexity index is 404. The van der Waals surface area contributed by atoms with Crippen molar-refractivity contribution in [2.75, 3.05) is 6.61 Å². The van der Waals surface area contributed by atoms with Crippen molar-refractivity contribution in [3.05, 3.63) is 30.3 Å². The molecule has 1 aromatic rings. The van der Waals surface area contributed by atoms with Gasteiger partial charge in [-0.15, -0.1) is 0 Å². The lowest BCUT2D eigenvalue weighted by Gasteiger charge is -2.11. The quantitative estimate of drug-likeness (QED) is 0.575. The number of rotatable bonds is 7. The minimum atomic E-state index is -3.76. The van der Waals surface area contributed by atoms with E-state index in [9.17, 15) is 14.3 Å². The highest BCUT2D eigenvalue weighted by atomic mass is 31.2. The van der Waals surface area contributed by atoms with Gasteiger partial charge in [0.2, 0.25) is 0 Å². The van der Waals surface area contributed by atoms with Gasteiger partial charge in [0.15, 0.2) is 0 Å². The van der Waals surface area contributed by atoms with Crippen LogP contribution in [0.15, 0.2) is 30.3 Å². The molecule has 0 aromatic heterocycles. The zero-order valence-electron chi connectivity index (χ0n) is 9.28. The van der Waals surface area contributed by atoms with E-state index in [4.69, 9.17) is 9.63 Å². The van der Waals surface area contributed by atoms with Crippen LogP contribution in [0, 0.1) is 0 Å². The predicted molar refractivity (Wildman–Crippen MR) is 63.3 cm³/mol. The predicted octanol–water partition coefficient (Wildman–Crippen LogP) is 1.77. The second kappa shape index (κ2) is 6.55. The molecule has 2 N–H and O–H groups in total. The first-order valence-electron chi connectivity index (χ1n) is 5.27. The van der Waals surface area contributed by atoms with E-state index in [-0.39, 0.29) is 18.3 Å². The number of benzene rings is 1. The van der Waals surface area contributed by atoms with Gasteiger partial charge in [-0.2, -0.15) is 0 Å². The molecular weight excluding hydrogens is 243 g/mol. The third-order valence-corrected chi connectivity index (χ3v) is 3.62. The smallest absolute Gasteiger partial charge is 0.358 e. The monoisotopic (exact) mass is 258 g/mol. The molecule has 0 aliphatic carbocycles. The van der Waals surface area contributed by atoms with Crippen LogP contribution in [0.4, 0.5) is 0 Å². The molecular formula is C11H15O5P. The molecule has 94 valence electrons. The fourth-order valence-electron chi connectivity index (χ4n) is 1.26. The fraction of sp³-hybridized carbons (Fsp3) is 0.364. The molecule has 17 heavy (non-hydrogen) atoms. The Kier molecular flexibility index (Phi) is 5.35. The van der Waals surface area contributed by atoms with E-state index in [1.54, 1.807) is 18.2 Å². The lowest BCUT2D eigenvalue weighted by atomic mass is 10.2. The summed E-state index contributed by atoms with van der Waals surface area (Å²) in [5, 5.41) is 8.65. The van der Waals surface area contributed by atoms with Crippen LogP contribution in [0.25, 0.3) is 0 Å². The zero-order chi connectivity index (χ0) is 12.7. The van der Waals surface area contributed by atoms with E-state index in [1.165, 1.54) is 12.1 Å². The maximum atomic E-state index is 11.7. The summed E-state index contributed by atoms with van der Waals surface area (Å²) in [5.41, 5.74) is 0. The van der Waals surface area contributed by atoms with Crippen molar-refractivity contribution in [2.24, 2.45) is 0 Å². The van der Waals surface area contributed by atoms with Gasteiger partial charge in [-0.05, 0) is 25.0 Å². The van der Waals surface area contributed by atoms with Crippen molar-refractivity contribution in [1.82, 2.24) is 0 Å². The Morgan fingerprint density at radius 3 is 2.47 bits per heavy atom. The molecule has 0 radical (unpaired) electrons. The Morgan fingerprint density at radius 1 is 1.24 bits per heavy atom. The summed E-state index contributed by atoms with van der Waals surface area (Å²) in [4.78, 5) is 19.8. The molecule has 0 saturated carbocycles. The van der Waals surface area contributed by atoms with Crippen LogP contribution in [0.5, 0.6) is 0 Å². The second-order valence-electron chi connectivity index (χ2n) is 3.54. The number of hydrogen-bond donors (Lipinski definition) is 2. The second-order valence-corrected chi connectivity index (χ2v) is 5.36. The van der Waals surface area contributed by atoms with Crippen LogP contribution in [0.3, 0.4) is 0 Å². The van der Waals surface area contributed by atoms with Gasteiger partial charge in [-0.25, -0.2) is 0 Å². The van der Waals surface area contributed by atoms with Crippen molar-refractivity contribution in [1.29, 1.82) is 0 Å². The van der Waals surface area contributed by atoms with Crippen molar-refractivity contribution in [3.8, 4) is 0 Å². The summed E-state index contributed by atoms with van der Waals surface area (Å²) < 4.78 is 16.6. The van der Waals surface area contributed by atoms with Gasteiger partial charge in [0.25, 0.3) is 0 Å². The number of carbonyl (C=O) groups is 1. The lowest BCUT2D eigenvalue weighted by molar-refractivity contribution is -0.137. The minimum Gasteiger partial charge on any atom is -0.481 e. The molecule has 1 aromatic carbocycles. The molecule has 5 nitrogen and oxygen atoms in total. The number of carboxylic acid groups (broad SMARTS) is 1. The van der Waals surface area contributed by atoms with Gasteiger partial charge in [0.05, 0.1) is 11.9 Å². The van der Waals surface area contributed by atoms with Crippen molar-refractivity contribution in [2.45, 2.75) is 19.3 Å². The molecule has 0 saturated heterocycles. The van der Waals surface area contributed by atoms with Gasteiger partial charge in [0.1, 0.15) is 0 Å². The first-order chi connectivity index (χ1) is 8.02. The Morgan fingerprint density at radius 2 is 1.88 bits per heavy atom. The molecule has 0 fully saturated rings. The average Bonchev–Trinajstić information content (AvgIpc) is 2.29. The van der Waals surface area contributed by atoms with Gasteiger partial charge in [-0.1, -0.05) is 18.2 Å². The summed E-state index contributed by atoms with van der Waals surface area (Å²) in [6, 6.07) is 8.12. The number of unbranched alkanes of at least 4 members (excludes halogenated alkanes) is 1. The average molecular weight is 258 g/mol. The van der Waals surface area contributed by atoms with Crippen LogP contribution in [0.1, 0.15) is 19.3 Å². The molecule has 1 atom stereocenters. The van der Waals surface area contributed by atoms with Crippen LogP contribution >= 0.6 is 7.60 Å². The summed E-state index contributed by atoms with van der Waals surface area (Å²) in [6.45, 7) is 0.0793. The number of aliphatic carboxylic acids is 1. The minimum absolute atomic E-state index is 0.0461. The third-order valence-electron chi connectivity index (χ3n) is 2.13. The van der Waals surface area contributed by atoms with Gasteiger partial charge >= 0.3 is 13.6 Å². The molecule has 0 aliphatic rings. The van der Waals surface area contributed by atoms with Gasteiger partial charge < -0.3 is 14.5 Å². The van der Waals surface area contributed by atoms with Crippen LogP contribution in [-0.4, -0.2) is 22.6 Å². The standard InChI is InChI=1S/C11H15O5P/c12-11(13)8-4-5-9-16-17(14,15)10-6-2-1-3-7-10/h1-3,6-7H,4-5,8-9H2,(H,12,13)(H,14,15). The number of hydrogen-bond acceptors (Lipinski definition) is 3. The summed E-state index contributed by atoms with van der Waals surface area (Å²) >= 11 is 0. The van der Waals surface area contributed by atoms with E-state index >= 15 is 0 Å². The first kappa shape index (κ1) is 13.9.